The van der Waals surface area contributed by atoms with E-state index >= 15 is 0 Å². The molecular weight excluding hydrogens is 239 g/mol. The van der Waals surface area contributed by atoms with Gasteiger partial charge in [-0.15, -0.1) is 0 Å². The van der Waals surface area contributed by atoms with Crippen molar-refractivity contribution < 1.29 is 23.8 Å². The van der Waals surface area contributed by atoms with Crippen molar-refractivity contribution in [2.45, 2.75) is 20.5 Å². The number of carbonyl (C=O) groups excluding carboxylic acids is 1. The Labute approximate surface area is 105 Å². The fourth-order valence-electron chi connectivity index (χ4n) is 1.43. The van der Waals surface area contributed by atoms with Crippen LogP contribution in [0.15, 0.2) is 18.2 Å². The Morgan fingerprint density at radius 1 is 1.44 bits per heavy atom. The number of methoxy groups -OCH3 is 1. The van der Waals surface area contributed by atoms with Crippen molar-refractivity contribution in [1.29, 1.82) is 0 Å². The van der Waals surface area contributed by atoms with Gasteiger partial charge in [-0.2, -0.15) is 0 Å². The highest BCUT2D eigenvalue weighted by molar-refractivity contribution is 5.75. The van der Waals surface area contributed by atoms with Gasteiger partial charge in [-0.3, -0.25) is 4.79 Å². The summed E-state index contributed by atoms with van der Waals surface area (Å²) >= 11 is 0. The summed E-state index contributed by atoms with van der Waals surface area (Å²) in [7, 11) is 1.28. The second kappa shape index (κ2) is 5.82. The standard InChI is InChI=1S/C13H17FO4/c1-13(2,12(16)17-3)8-18-11-9(7-15)5-4-6-10(11)14/h4-6,15H,7-8H2,1-3H3. The summed E-state index contributed by atoms with van der Waals surface area (Å²) in [6.07, 6.45) is 0. The van der Waals surface area contributed by atoms with Crippen molar-refractivity contribution in [2.24, 2.45) is 5.41 Å². The van der Waals surface area contributed by atoms with Gasteiger partial charge in [0, 0.05) is 5.56 Å². The van der Waals surface area contributed by atoms with Gasteiger partial charge >= 0.3 is 5.97 Å². The van der Waals surface area contributed by atoms with E-state index in [4.69, 9.17) is 9.84 Å². The molecular formula is C13H17FO4. The summed E-state index contributed by atoms with van der Waals surface area (Å²) in [5.41, 5.74) is -0.542. The van der Waals surface area contributed by atoms with E-state index in [0.717, 1.165) is 0 Å². The van der Waals surface area contributed by atoms with Crippen molar-refractivity contribution in [2.75, 3.05) is 13.7 Å². The molecule has 0 atom stereocenters. The van der Waals surface area contributed by atoms with E-state index in [0.29, 0.717) is 5.56 Å². The maximum Gasteiger partial charge on any atom is 0.314 e. The minimum Gasteiger partial charge on any atom is -0.489 e. The highest BCUT2D eigenvalue weighted by atomic mass is 19.1. The van der Waals surface area contributed by atoms with Crippen LogP contribution in [0.3, 0.4) is 0 Å². The molecule has 0 fully saturated rings. The first-order valence-corrected chi connectivity index (χ1v) is 5.52. The average Bonchev–Trinajstić information content (AvgIpc) is 2.35. The summed E-state index contributed by atoms with van der Waals surface area (Å²) < 4.78 is 23.5. The van der Waals surface area contributed by atoms with Gasteiger partial charge in [0.25, 0.3) is 0 Å². The quantitative estimate of drug-likeness (QED) is 0.817. The van der Waals surface area contributed by atoms with E-state index < -0.39 is 17.2 Å². The Morgan fingerprint density at radius 3 is 2.67 bits per heavy atom. The minimum absolute atomic E-state index is 0.0306. The minimum atomic E-state index is -0.885. The van der Waals surface area contributed by atoms with Crippen LogP contribution in [-0.4, -0.2) is 24.8 Å². The normalized spacial score (nSPS) is 11.2. The molecule has 100 valence electrons. The number of benzene rings is 1. The second-order valence-electron chi connectivity index (χ2n) is 4.55. The number of carbonyl (C=O) groups is 1. The molecule has 0 saturated heterocycles. The predicted molar refractivity (Wildman–Crippen MR) is 63.6 cm³/mol. The van der Waals surface area contributed by atoms with Gasteiger partial charge in [-0.25, -0.2) is 4.39 Å². The molecule has 0 aliphatic heterocycles. The Balaban J connectivity index is 2.83. The molecule has 1 aromatic rings. The lowest BCUT2D eigenvalue weighted by atomic mass is 9.95. The Hall–Kier alpha value is -1.62. The van der Waals surface area contributed by atoms with Gasteiger partial charge in [0.15, 0.2) is 11.6 Å². The third kappa shape index (κ3) is 3.20. The van der Waals surface area contributed by atoms with Gasteiger partial charge in [-0.05, 0) is 19.9 Å². The van der Waals surface area contributed by atoms with Gasteiger partial charge in [0.1, 0.15) is 6.61 Å². The Morgan fingerprint density at radius 2 is 2.11 bits per heavy atom. The Kier molecular flexibility index (Phi) is 4.67. The number of aliphatic hydroxyl groups is 1. The number of aliphatic hydroxyl groups excluding tert-OH is 1. The number of para-hydroxylation sites is 1. The van der Waals surface area contributed by atoms with Gasteiger partial charge in [0.05, 0.1) is 19.1 Å². The van der Waals surface area contributed by atoms with Crippen LogP contribution in [-0.2, 0) is 16.1 Å². The van der Waals surface area contributed by atoms with Crippen LogP contribution < -0.4 is 4.74 Å². The van der Waals surface area contributed by atoms with Crippen molar-refractivity contribution in [1.82, 2.24) is 0 Å². The molecule has 0 heterocycles. The molecule has 0 aliphatic carbocycles. The molecule has 0 unspecified atom stereocenters. The molecule has 1 rings (SSSR count). The van der Waals surface area contributed by atoms with E-state index in [9.17, 15) is 9.18 Å². The molecule has 5 heteroatoms. The lowest BCUT2D eigenvalue weighted by molar-refractivity contribution is -0.152. The van der Waals surface area contributed by atoms with E-state index in [1.165, 1.54) is 19.2 Å². The number of hydrogen-bond donors (Lipinski definition) is 1. The monoisotopic (exact) mass is 256 g/mol. The molecule has 1 N–H and O–H groups in total. The SMILES string of the molecule is COC(=O)C(C)(C)COc1c(F)cccc1CO. The Bertz CT molecular complexity index is 429. The molecule has 0 bridgehead atoms. The maximum atomic E-state index is 13.5. The van der Waals surface area contributed by atoms with Crippen LogP contribution >= 0.6 is 0 Å². The van der Waals surface area contributed by atoms with E-state index in [1.807, 2.05) is 0 Å². The fourth-order valence-corrected chi connectivity index (χ4v) is 1.43. The van der Waals surface area contributed by atoms with Gasteiger partial charge in [-0.1, -0.05) is 12.1 Å². The molecule has 1 aromatic carbocycles. The van der Waals surface area contributed by atoms with Crippen LogP contribution in [0.5, 0.6) is 5.75 Å². The average molecular weight is 256 g/mol. The number of rotatable bonds is 5. The molecule has 18 heavy (non-hydrogen) atoms. The van der Waals surface area contributed by atoms with E-state index in [-0.39, 0.29) is 19.0 Å². The van der Waals surface area contributed by atoms with Crippen LogP contribution in [0.25, 0.3) is 0 Å². The first-order chi connectivity index (χ1) is 8.42. The smallest absolute Gasteiger partial charge is 0.314 e. The van der Waals surface area contributed by atoms with E-state index in [2.05, 4.69) is 4.74 Å². The highest BCUT2D eigenvalue weighted by Crippen LogP contribution is 2.26. The van der Waals surface area contributed by atoms with Gasteiger partial charge < -0.3 is 14.6 Å². The summed E-state index contributed by atoms with van der Waals surface area (Å²) in [6, 6.07) is 4.28. The molecule has 0 aromatic heterocycles. The van der Waals surface area contributed by atoms with Crippen molar-refractivity contribution in [3.63, 3.8) is 0 Å². The molecule has 0 amide bonds. The summed E-state index contributed by atoms with van der Waals surface area (Å²) in [5, 5.41) is 9.09. The lowest BCUT2D eigenvalue weighted by Crippen LogP contribution is -2.32. The van der Waals surface area contributed by atoms with Crippen LogP contribution in [0.1, 0.15) is 19.4 Å². The third-order valence-corrected chi connectivity index (χ3v) is 2.53. The number of hydrogen-bond acceptors (Lipinski definition) is 4. The molecule has 0 saturated carbocycles. The second-order valence-corrected chi connectivity index (χ2v) is 4.55. The van der Waals surface area contributed by atoms with Crippen molar-refractivity contribution >= 4 is 5.97 Å². The lowest BCUT2D eigenvalue weighted by Gasteiger charge is -2.22. The molecule has 0 spiro atoms. The molecule has 0 aliphatic rings. The zero-order valence-electron chi connectivity index (χ0n) is 10.7. The fraction of sp³-hybridized carbons (Fsp3) is 0.462. The van der Waals surface area contributed by atoms with Crippen LogP contribution in [0, 0.1) is 11.2 Å². The summed E-state index contributed by atoms with van der Waals surface area (Å²) in [4.78, 5) is 11.4. The number of ether oxygens (including phenoxy) is 2. The summed E-state index contributed by atoms with van der Waals surface area (Å²) in [6.45, 7) is 2.91. The van der Waals surface area contributed by atoms with Gasteiger partial charge in [0.2, 0.25) is 0 Å². The van der Waals surface area contributed by atoms with Crippen LogP contribution in [0.2, 0.25) is 0 Å². The topological polar surface area (TPSA) is 55.8 Å². The summed E-state index contributed by atoms with van der Waals surface area (Å²) in [5.74, 6) is -1.04. The van der Waals surface area contributed by atoms with Crippen LogP contribution in [0.4, 0.5) is 4.39 Å². The molecule has 0 radical (unpaired) electrons. The first-order valence-electron chi connectivity index (χ1n) is 5.52. The van der Waals surface area contributed by atoms with Crippen molar-refractivity contribution in [3.05, 3.63) is 29.6 Å². The van der Waals surface area contributed by atoms with Crippen molar-refractivity contribution in [3.8, 4) is 5.75 Å². The predicted octanol–water partition coefficient (Wildman–Crippen LogP) is 1.90. The highest BCUT2D eigenvalue weighted by Gasteiger charge is 2.30. The number of halogens is 1. The zero-order valence-corrected chi connectivity index (χ0v) is 10.7. The maximum absolute atomic E-state index is 13.5. The zero-order chi connectivity index (χ0) is 13.8. The molecule has 4 nitrogen and oxygen atoms in total. The first kappa shape index (κ1) is 14.4. The number of esters is 1. The largest absolute Gasteiger partial charge is 0.489 e. The van der Waals surface area contributed by atoms with E-state index in [1.54, 1.807) is 19.9 Å². The third-order valence-electron chi connectivity index (χ3n) is 2.53.